The van der Waals surface area contributed by atoms with Crippen LogP contribution in [0, 0.1) is 5.92 Å². The highest BCUT2D eigenvalue weighted by molar-refractivity contribution is 4.62. The van der Waals surface area contributed by atoms with Gasteiger partial charge in [0.05, 0.1) is 0 Å². The summed E-state index contributed by atoms with van der Waals surface area (Å²) in [7, 11) is 0. The molecule has 0 N–H and O–H groups in total. The molecule has 1 rings (SSSR count). The Hall–Kier alpha value is 0. The molecular formula is C13H30. The second-order valence-electron chi connectivity index (χ2n) is 3.27. The zero-order valence-corrected chi connectivity index (χ0v) is 10.5. The molecule has 0 unspecified atom stereocenters. The monoisotopic (exact) mass is 186 g/mol. The van der Waals surface area contributed by atoms with Gasteiger partial charge in [-0.3, -0.25) is 0 Å². The fourth-order valence-electron chi connectivity index (χ4n) is 1.77. The Balaban J connectivity index is 0. The van der Waals surface area contributed by atoms with E-state index in [-0.39, 0.29) is 0 Å². The summed E-state index contributed by atoms with van der Waals surface area (Å²) >= 11 is 0. The van der Waals surface area contributed by atoms with Crippen LogP contribution in [-0.4, -0.2) is 0 Å². The van der Waals surface area contributed by atoms with E-state index in [4.69, 9.17) is 0 Å². The third-order valence-corrected chi connectivity index (χ3v) is 2.55. The first-order valence-electron chi connectivity index (χ1n) is 6.43. The van der Waals surface area contributed by atoms with Crippen LogP contribution in [0.25, 0.3) is 0 Å². The predicted octanol–water partition coefficient (Wildman–Crippen LogP) is 5.42. The minimum atomic E-state index is 1.08. The van der Waals surface area contributed by atoms with Crippen molar-refractivity contribution >= 4 is 0 Å². The maximum atomic E-state index is 2.33. The van der Waals surface area contributed by atoms with Crippen LogP contribution < -0.4 is 0 Å². The Bertz CT molecular complexity index is 58.4. The van der Waals surface area contributed by atoms with Crippen LogP contribution in [0.1, 0.15) is 79.6 Å². The van der Waals surface area contributed by atoms with Gasteiger partial charge in [-0.2, -0.15) is 0 Å². The predicted molar refractivity (Wildman–Crippen MR) is 64.2 cm³/mol. The van der Waals surface area contributed by atoms with Gasteiger partial charge < -0.3 is 0 Å². The maximum absolute atomic E-state index is 2.33. The highest BCUT2D eigenvalue weighted by Crippen LogP contribution is 2.24. The minimum Gasteiger partial charge on any atom is -0.0683 e. The fourth-order valence-corrected chi connectivity index (χ4v) is 1.77. The summed E-state index contributed by atoms with van der Waals surface area (Å²) in [6.45, 7) is 10.3. The molecule has 0 aliphatic heterocycles. The van der Waals surface area contributed by atoms with Gasteiger partial charge in [0.2, 0.25) is 0 Å². The van der Waals surface area contributed by atoms with Gasteiger partial charge >= 0.3 is 0 Å². The third kappa shape index (κ3) is 9.92. The van der Waals surface area contributed by atoms with Crippen molar-refractivity contribution in [1.29, 1.82) is 0 Å². The standard InChI is InChI=1S/C9H18.2C2H6/c1-2-9-7-5-3-4-6-8-9;2*1-2/h9H,2-8H2,1H3;2*1-2H3. The minimum absolute atomic E-state index is 1.08. The summed E-state index contributed by atoms with van der Waals surface area (Å²) in [4.78, 5) is 0. The molecule has 0 atom stereocenters. The Morgan fingerprint density at radius 1 is 0.769 bits per heavy atom. The van der Waals surface area contributed by atoms with E-state index in [1.807, 2.05) is 27.7 Å². The molecular weight excluding hydrogens is 156 g/mol. The van der Waals surface area contributed by atoms with Gasteiger partial charge in [-0.25, -0.2) is 0 Å². The molecule has 1 aliphatic rings. The average Bonchev–Trinajstić information content (AvgIpc) is 2.51. The van der Waals surface area contributed by atoms with Gasteiger partial charge in [0, 0.05) is 0 Å². The summed E-state index contributed by atoms with van der Waals surface area (Å²) in [5.41, 5.74) is 0. The molecule has 0 bridgehead atoms. The molecule has 0 heteroatoms. The van der Waals surface area contributed by atoms with Crippen molar-refractivity contribution in [2.45, 2.75) is 79.6 Å². The first-order chi connectivity index (χ1) is 6.43. The first-order valence-corrected chi connectivity index (χ1v) is 6.43. The lowest BCUT2D eigenvalue weighted by molar-refractivity contribution is 0.446. The van der Waals surface area contributed by atoms with Crippen LogP contribution in [0.3, 0.4) is 0 Å². The molecule has 1 fully saturated rings. The van der Waals surface area contributed by atoms with Crippen molar-refractivity contribution in [3.8, 4) is 0 Å². The van der Waals surface area contributed by atoms with E-state index in [1.165, 1.54) is 44.9 Å². The normalized spacial score (nSPS) is 17.3. The third-order valence-electron chi connectivity index (χ3n) is 2.55. The molecule has 0 radical (unpaired) electrons. The second-order valence-corrected chi connectivity index (χ2v) is 3.27. The van der Waals surface area contributed by atoms with E-state index in [2.05, 4.69) is 6.92 Å². The first kappa shape index (κ1) is 15.5. The lowest BCUT2D eigenvalue weighted by atomic mass is 9.98. The lowest BCUT2D eigenvalue weighted by Crippen LogP contribution is -1.94. The second kappa shape index (κ2) is 14.5. The topological polar surface area (TPSA) is 0 Å². The zero-order valence-electron chi connectivity index (χ0n) is 10.5. The summed E-state index contributed by atoms with van der Waals surface area (Å²) in [6.07, 6.45) is 10.4. The van der Waals surface area contributed by atoms with Gasteiger partial charge in [0.1, 0.15) is 0 Å². The van der Waals surface area contributed by atoms with Crippen LogP contribution in [0.4, 0.5) is 0 Å². The van der Waals surface area contributed by atoms with E-state index in [0.29, 0.717) is 0 Å². The fraction of sp³-hybridized carbons (Fsp3) is 1.00. The number of rotatable bonds is 1. The molecule has 1 aliphatic carbocycles. The molecule has 0 heterocycles. The number of hydrogen-bond acceptors (Lipinski definition) is 0. The Labute approximate surface area is 86.1 Å². The van der Waals surface area contributed by atoms with Crippen molar-refractivity contribution in [2.75, 3.05) is 0 Å². The molecule has 0 saturated heterocycles. The van der Waals surface area contributed by atoms with Crippen LogP contribution in [0.15, 0.2) is 0 Å². The zero-order chi connectivity index (χ0) is 10.5. The summed E-state index contributed by atoms with van der Waals surface area (Å²) in [5.74, 6) is 1.08. The highest BCUT2D eigenvalue weighted by atomic mass is 14.1. The van der Waals surface area contributed by atoms with Gasteiger partial charge in [0.15, 0.2) is 0 Å². The maximum Gasteiger partial charge on any atom is -0.0417 e. The van der Waals surface area contributed by atoms with Crippen molar-refractivity contribution in [2.24, 2.45) is 5.92 Å². The lowest BCUT2D eigenvalue weighted by Gasteiger charge is -2.08. The quantitative estimate of drug-likeness (QED) is 0.480. The molecule has 1 saturated carbocycles. The van der Waals surface area contributed by atoms with Crippen molar-refractivity contribution < 1.29 is 0 Å². The van der Waals surface area contributed by atoms with Crippen molar-refractivity contribution in [3.63, 3.8) is 0 Å². The van der Waals surface area contributed by atoms with E-state index >= 15 is 0 Å². The smallest absolute Gasteiger partial charge is 0.0417 e. The molecule has 82 valence electrons. The number of hydrogen-bond donors (Lipinski definition) is 0. The largest absolute Gasteiger partial charge is 0.0683 e. The van der Waals surface area contributed by atoms with Gasteiger partial charge in [-0.1, -0.05) is 79.6 Å². The molecule has 13 heavy (non-hydrogen) atoms. The molecule has 0 nitrogen and oxygen atoms in total. The Morgan fingerprint density at radius 2 is 1.15 bits per heavy atom. The van der Waals surface area contributed by atoms with E-state index in [9.17, 15) is 0 Å². The van der Waals surface area contributed by atoms with Crippen LogP contribution >= 0.6 is 0 Å². The van der Waals surface area contributed by atoms with E-state index in [1.54, 1.807) is 0 Å². The molecule has 0 aromatic heterocycles. The average molecular weight is 186 g/mol. The van der Waals surface area contributed by atoms with E-state index in [0.717, 1.165) is 5.92 Å². The van der Waals surface area contributed by atoms with Crippen LogP contribution in [-0.2, 0) is 0 Å². The Morgan fingerprint density at radius 3 is 1.46 bits per heavy atom. The van der Waals surface area contributed by atoms with Gasteiger partial charge in [-0.05, 0) is 5.92 Å². The molecule has 0 amide bonds. The van der Waals surface area contributed by atoms with Crippen molar-refractivity contribution in [3.05, 3.63) is 0 Å². The van der Waals surface area contributed by atoms with Gasteiger partial charge in [-0.15, -0.1) is 0 Å². The van der Waals surface area contributed by atoms with Crippen LogP contribution in [0.2, 0.25) is 0 Å². The molecule has 0 aromatic rings. The Kier molecular flexibility index (Phi) is 17.3. The van der Waals surface area contributed by atoms with E-state index < -0.39 is 0 Å². The highest BCUT2D eigenvalue weighted by Gasteiger charge is 2.08. The summed E-state index contributed by atoms with van der Waals surface area (Å²) < 4.78 is 0. The SMILES string of the molecule is CC.CC.CCC1CCCCCC1. The van der Waals surface area contributed by atoms with Gasteiger partial charge in [0.25, 0.3) is 0 Å². The van der Waals surface area contributed by atoms with Crippen molar-refractivity contribution in [1.82, 2.24) is 0 Å². The summed E-state index contributed by atoms with van der Waals surface area (Å²) in [6, 6.07) is 0. The summed E-state index contributed by atoms with van der Waals surface area (Å²) in [5, 5.41) is 0. The molecule has 0 aromatic carbocycles. The molecule has 0 spiro atoms. The van der Waals surface area contributed by atoms with Crippen LogP contribution in [0.5, 0.6) is 0 Å².